The lowest BCUT2D eigenvalue weighted by atomic mass is 10.2. The Morgan fingerprint density at radius 1 is 1.53 bits per heavy atom. The van der Waals surface area contributed by atoms with Crippen LogP contribution in [0, 0.1) is 6.92 Å². The molecule has 1 heterocycles. The summed E-state index contributed by atoms with van der Waals surface area (Å²) in [5, 5.41) is -0.584. The van der Waals surface area contributed by atoms with E-state index in [4.69, 9.17) is 10.7 Å². The van der Waals surface area contributed by atoms with Crippen molar-refractivity contribution in [2.45, 2.75) is 18.4 Å². The Bertz CT molecular complexity index is 492. The van der Waals surface area contributed by atoms with E-state index in [-0.39, 0.29) is 10.2 Å². The van der Waals surface area contributed by atoms with Crippen molar-refractivity contribution in [2.75, 3.05) is 0 Å². The number of pyridine rings is 1. The van der Waals surface area contributed by atoms with Crippen LogP contribution >= 0.6 is 26.6 Å². The quantitative estimate of drug-likeness (QED) is 0.787. The zero-order valence-corrected chi connectivity index (χ0v) is 10.5. The Labute approximate surface area is 98.0 Å². The van der Waals surface area contributed by atoms with Gasteiger partial charge in [-0.2, -0.15) is 0 Å². The van der Waals surface area contributed by atoms with Crippen molar-refractivity contribution in [1.29, 1.82) is 0 Å². The van der Waals surface area contributed by atoms with Crippen molar-refractivity contribution in [1.82, 2.24) is 4.98 Å². The van der Waals surface area contributed by atoms with Gasteiger partial charge in [-0.3, -0.25) is 0 Å². The minimum atomic E-state index is -4.13. The molecule has 0 aromatic carbocycles. The van der Waals surface area contributed by atoms with Gasteiger partial charge in [0.25, 0.3) is 15.5 Å². The molecule has 0 aliphatic heterocycles. The maximum absolute atomic E-state index is 12.5. The van der Waals surface area contributed by atoms with E-state index >= 15 is 0 Å². The number of hydrogen-bond acceptors (Lipinski definition) is 3. The van der Waals surface area contributed by atoms with E-state index in [1.54, 1.807) is 0 Å². The zero-order valence-electron chi connectivity index (χ0n) is 7.34. The summed E-state index contributed by atoms with van der Waals surface area (Å²) in [4.78, 5) is 3.59. The van der Waals surface area contributed by atoms with Crippen molar-refractivity contribution in [3.63, 3.8) is 0 Å². The van der Waals surface area contributed by atoms with E-state index in [0.29, 0.717) is 0 Å². The average molecular weight is 321 g/mol. The van der Waals surface area contributed by atoms with Gasteiger partial charge >= 0.3 is 0 Å². The topological polar surface area (TPSA) is 47.0 Å². The van der Waals surface area contributed by atoms with Crippen LogP contribution in [0.2, 0.25) is 0 Å². The van der Waals surface area contributed by atoms with E-state index < -0.39 is 26.1 Å². The highest BCUT2D eigenvalue weighted by molar-refractivity contribution is 9.10. The molecule has 0 unspecified atom stereocenters. The molecule has 0 N–H and O–H groups in total. The lowest BCUT2D eigenvalue weighted by molar-refractivity contribution is 0.150. The number of nitrogens with zero attached hydrogens (tertiary/aromatic N) is 1. The fraction of sp³-hybridized carbons (Fsp3) is 0.286. The summed E-state index contributed by atoms with van der Waals surface area (Å²) in [5.41, 5.74) is -0.283. The molecule has 84 valence electrons. The predicted molar refractivity (Wildman–Crippen MR) is 54.7 cm³/mol. The number of alkyl halides is 2. The van der Waals surface area contributed by atoms with Crippen LogP contribution < -0.4 is 0 Å². The molecular formula is C7H5BrClF2NO2S. The third-order valence-corrected chi connectivity index (χ3v) is 3.84. The summed E-state index contributed by atoms with van der Waals surface area (Å²) in [6.07, 6.45) is -2.79. The van der Waals surface area contributed by atoms with Crippen LogP contribution in [0.1, 0.15) is 17.7 Å². The fourth-order valence-electron chi connectivity index (χ4n) is 0.974. The summed E-state index contributed by atoms with van der Waals surface area (Å²) in [7, 11) is 0.916. The molecular weight excluding hydrogens is 316 g/mol. The summed E-state index contributed by atoms with van der Waals surface area (Å²) < 4.78 is 46.7. The molecule has 8 heteroatoms. The van der Waals surface area contributed by atoms with Crippen LogP contribution in [-0.4, -0.2) is 13.4 Å². The third kappa shape index (κ3) is 2.85. The van der Waals surface area contributed by atoms with E-state index in [0.717, 1.165) is 6.07 Å². The summed E-state index contributed by atoms with van der Waals surface area (Å²) in [6, 6.07) is 1.10. The van der Waals surface area contributed by atoms with E-state index in [9.17, 15) is 17.2 Å². The first-order valence-electron chi connectivity index (χ1n) is 3.63. The highest BCUT2D eigenvalue weighted by Gasteiger charge is 2.23. The normalized spacial score (nSPS) is 12.1. The van der Waals surface area contributed by atoms with E-state index in [1.807, 2.05) is 0 Å². The van der Waals surface area contributed by atoms with Crippen LogP contribution in [0.25, 0.3) is 0 Å². The van der Waals surface area contributed by atoms with Crippen LogP contribution in [0.3, 0.4) is 0 Å². The first-order valence-corrected chi connectivity index (χ1v) is 6.73. The van der Waals surface area contributed by atoms with Gasteiger partial charge in [-0.1, -0.05) is 0 Å². The minimum Gasteiger partial charge on any atom is -0.239 e. The van der Waals surface area contributed by atoms with Crippen molar-refractivity contribution in [3.05, 3.63) is 21.8 Å². The standard InChI is InChI=1S/C7H5BrClF2NO2S/c1-3-2-4(6(10)11)5(8)7(12-3)15(9,13)14/h2,6H,1H3. The SMILES string of the molecule is Cc1cc(C(F)F)c(Br)c(S(=O)(=O)Cl)n1. The molecule has 1 aromatic rings. The van der Waals surface area contributed by atoms with Crippen molar-refractivity contribution < 1.29 is 17.2 Å². The van der Waals surface area contributed by atoms with Gasteiger partial charge < -0.3 is 0 Å². The Morgan fingerprint density at radius 3 is 2.47 bits per heavy atom. The second-order valence-electron chi connectivity index (χ2n) is 2.71. The smallest absolute Gasteiger partial charge is 0.239 e. The number of aryl methyl sites for hydroxylation is 1. The number of hydrogen-bond donors (Lipinski definition) is 0. The first-order chi connectivity index (χ1) is 6.73. The van der Waals surface area contributed by atoms with Gasteiger partial charge in [0, 0.05) is 21.9 Å². The Morgan fingerprint density at radius 2 is 2.07 bits per heavy atom. The fourth-order valence-corrected chi connectivity index (χ4v) is 3.19. The molecule has 1 aromatic heterocycles. The van der Waals surface area contributed by atoms with Crippen molar-refractivity contribution >= 4 is 35.7 Å². The van der Waals surface area contributed by atoms with Crippen LogP contribution in [0.4, 0.5) is 8.78 Å². The molecule has 0 spiro atoms. The average Bonchev–Trinajstić information content (AvgIpc) is 2.06. The second kappa shape index (κ2) is 4.31. The third-order valence-electron chi connectivity index (χ3n) is 1.55. The molecule has 0 fully saturated rings. The predicted octanol–water partition coefficient (Wildman–Crippen LogP) is 3.02. The molecule has 0 aliphatic carbocycles. The molecule has 0 atom stereocenters. The highest BCUT2D eigenvalue weighted by atomic mass is 79.9. The molecule has 0 radical (unpaired) electrons. The van der Waals surface area contributed by atoms with Crippen LogP contribution in [0.5, 0.6) is 0 Å². The first kappa shape index (κ1) is 12.8. The van der Waals surface area contributed by atoms with E-state index in [2.05, 4.69) is 20.9 Å². The van der Waals surface area contributed by atoms with E-state index in [1.165, 1.54) is 6.92 Å². The molecule has 0 aliphatic rings. The van der Waals surface area contributed by atoms with Gasteiger partial charge in [-0.25, -0.2) is 22.2 Å². The van der Waals surface area contributed by atoms with Crippen LogP contribution in [0.15, 0.2) is 15.6 Å². The molecule has 1 rings (SSSR count). The zero-order chi connectivity index (χ0) is 11.8. The monoisotopic (exact) mass is 319 g/mol. The van der Waals surface area contributed by atoms with Gasteiger partial charge in [-0.05, 0) is 28.9 Å². The van der Waals surface area contributed by atoms with Crippen LogP contribution in [-0.2, 0) is 9.05 Å². The molecule has 0 saturated heterocycles. The van der Waals surface area contributed by atoms with Gasteiger partial charge in [0.1, 0.15) is 0 Å². The number of halogens is 4. The summed E-state index contributed by atoms with van der Waals surface area (Å²) in [5.74, 6) is 0. The number of rotatable bonds is 2. The maximum Gasteiger partial charge on any atom is 0.279 e. The lowest BCUT2D eigenvalue weighted by Gasteiger charge is -2.07. The molecule has 15 heavy (non-hydrogen) atoms. The minimum absolute atomic E-state index is 0.160. The highest BCUT2D eigenvalue weighted by Crippen LogP contribution is 2.33. The molecule has 3 nitrogen and oxygen atoms in total. The molecule has 0 saturated carbocycles. The summed E-state index contributed by atoms with van der Waals surface area (Å²) >= 11 is 2.75. The summed E-state index contributed by atoms with van der Waals surface area (Å²) in [6.45, 7) is 1.41. The Kier molecular flexibility index (Phi) is 3.67. The Hall–Kier alpha value is -0.270. The van der Waals surface area contributed by atoms with Crippen molar-refractivity contribution in [2.24, 2.45) is 0 Å². The largest absolute Gasteiger partial charge is 0.279 e. The van der Waals surface area contributed by atoms with Crippen molar-refractivity contribution in [3.8, 4) is 0 Å². The molecule has 0 bridgehead atoms. The second-order valence-corrected chi connectivity index (χ2v) is 5.98. The lowest BCUT2D eigenvalue weighted by Crippen LogP contribution is -2.02. The number of aromatic nitrogens is 1. The maximum atomic E-state index is 12.5. The van der Waals surface area contributed by atoms with Gasteiger partial charge in [0.2, 0.25) is 0 Å². The van der Waals surface area contributed by atoms with Gasteiger partial charge in [0.05, 0.1) is 4.47 Å². The Balaban J connectivity index is 3.56. The van der Waals surface area contributed by atoms with Gasteiger partial charge in [-0.15, -0.1) is 0 Å². The van der Waals surface area contributed by atoms with Gasteiger partial charge in [0.15, 0.2) is 5.03 Å². The molecule has 0 amide bonds.